The molecule has 27 heavy (non-hydrogen) atoms. The van der Waals surface area contributed by atoms with Crippen LogP contribution in [0.5, 0.6) is 0 Å². The molecule has 1 aliphatic heterocycles. The van der Waals surface area contributed by atoms with Gasteiger partial charge in [0.15, 0.2) is 0 Å². The summed E-state index contributed by atoms with van der Waals surface area (Å²) < 4.78 is 5.18. The molecule has 5 heteroatoms. The molecule has 134 valence electrons. The van der Waals surface area contributed by atoms with Crippen LogP contribution in [0.4, 0.5) is 5.69 Å². The molecule has 0 aromatic heterocycles. The van der Waals surface area contributed by atoms with E-state index in [9.17, 15) is 14.4 Å². The van der Waals surface area contributed by atoms with Crippen molar-refractivity contribution in [2.75, 3.05) is 4.90 Å². The topological polar surface area (TPSA) is 63.7 Å². The lowest BCUT2D eigenvalue weighted by Crippen LogP contribution is -2.29. The fraction of sp³-hybridized carbons (Fsp3) is 0.136. The Kier molecular flexibility index (Phi) is 4.00. The first kappa shape index (κ1) is 17.0. The summed E-state index contributed by atoms with van der Waals surface area (Å²) in [7, 11) is 0. The Morgan fingerprint density at radius 3 is 2.37 bits per heavy atom. The van der Waals surface area contributed by atoms with Crippen LogP contribution in [0, 0.1) is 0 Å². The Morgan fingerprint density at radius 1 is 0.889 bits per heavy atom. The molecule has 3 aromatic rings. The predicted octanol–water partition coefficient (Wildman–Crippen LogP) is 4.21. The van der Waals surface area contributed by atoms with Crippen LogP contribution in [0.3, 0.4) is 0 Å². The lowest BCUT2D eigenvalue weighted by Gasteiger charge is -2.16. The summed E-state index contributed by atoms with van der Waals surface area (Å²) in [6, 6.07) is 17.5. The zero-order valence-corrected chi connectivity index (χ0v) is 14.9. The Balaban J connectivity index is 1.78. The van der Waals surface area contributed by atoms with Crippen LogP contribution in [0.2, 0.25) is 0 Å². The number of esters is 1. The fourth-order valence-corrected chi connectivity index (χ4v) is 3.27. The molecular formula is C22H17NO4. The molecule has 0 saturated carbocycles. The van der Waals surface area contributed by atoms with Crippen LogP contribution < -0.4 is 4.90 Å². The van der Waals surface area contributed by atoms with E-state index in [0.29, 0.717) is 5.69 Å². The Hall–Kier alpha value is -3.47. The number of amides is 2. The van der Waals surface area contributed by atoms with Gasteiger partial charge in [0, 0.05) is 5.39 Å². The van der Waals surface area contributed by atoms with Gasteiger partial charge in [-0.1, -0.05) is 36.4 Å². The first-order chi connectivity index (χ1) is 13.0. The number of imide groups is 1. The summed E-state index contributed by atoms with van der Waals surface area (Å²) in [6.45, 7) is 3.50. The number of hydrogen-bond acceptors (Lipinski definition) is 4. The molecule has 1 heterocycles. The third-order valence-corrected chi connectivity index (χ3v) is 4.47. The minimum Gasteiger partial charge on any atom is -0.459 e. The molecule has 0 saturated heterocycles. The quantitative estimate of drug-likeness (QED) is 0.519. The number of carbonyl (C=O) groups excluding carboxylic acids is 3. The van der Waals surface area contributed by atoms with Crippen molar-refractivity contribution in [3.05, 3.63) is 77.4 Å². The normalized spacial score (nSPS) is 13.4. The molecule has 5 nitrogen and oxygen atoms in total. The van der Waals surface area contributed by atoms with Crippen LogP contribution in [0.1, 0.15) is 44.9 Å². The smallest absolute Gasteiger partial charge is 0.338 e. The van der Waals surface area contributed by atoms with E-state index >= 15 is 0 Å². The van der Waals surface area contributed by atoms with E-state index in [-0.39, 0.29) is 22.8 Å². The Labute approximate surface area is 156 Å². The fourth-order valence-electron chi connectivity index (χ4n) is 3.27. The highest BCUT2D eigenvalue weighted by Crippen LogP contribution is 2.34. The maximum absolute atomic E-state index is 13.0. The molecule has 0 radical (unpaired) electrons. The van der Waals surface area contributed by atoms with Gasteiger partial charge >= 0.3 is 5.97 Å². The van der Waals surface area contributed by atoms with Gasteiger partial charge in [-0.25, -0.2) is 9.69 Å². The van der Waals surface area contributed by atoms with Gasteiger partial charge < -0.3 is 4.74 Å². The van der Waals surface area contributed by atoms with Gasteiger partial charge in [-0.3, -0.25) is 9.59 Å². The van der Waals surface area contributed by atoms with Crippen molar-refractivity contribution >= 4 is 34.2 Å². The summed E-state index contributed by atoms with van der Waals surface area (Å²) in [5.74, 6) is -1.35. The highest BCUT2D eigenvalue weighted by atomic mass is 16.5. The molecule has 0 spiro atoms. The van der Waals surface area contributed by atoms with Gasteiger partial charge in [0.25, 0.3) is 11.8 Å². The molecule has 0 N–H and O–H groups in total. The Morgan fingerprint density at radius 2 is 1.59 bits per heavy atom. The number of fused-ring (bicyclic) bond motifs is 2. The minimum absolute atomic E-state index is 0.214. The van der Waals surface area contributed by atoms with Crippen molar-refractivity contribution in [1.29, 1.82) is 0 Å². The number of anilines is 1. The number of benzene rings is 3. The molecule has 4 rings (SSSR count). The van der Waals surface area contributed by atoms with E-state index in [1.807, 2.05) is 36.4 Å². The Bertz CT molecular complexity index is 1100. The summed E-state index contributed by atoms with van der Waals surface area (Å²) in [4.78, 5) is 39.2. The third kappa shape index (κ3) is 2.77. The van der Waals surface area contributed by atoms with E-state index < -0.39 is 17.8 Å². The van der Waals surface area contributed by atoms with Gasteiger partial charge in [0.2, 0.25) is 0 Å². The SMILES string of the molecule is CC(C)OC(=O)c1ccc2c(c1)C(=O)N(c1cccc3ccccc13)C2=O. The molecular weight excluding hydrogens is 342 g/mol. The second-order valence-electron chi connectivity index (χ2n) is 6.66. The molecule has 0 atom stereocenters. The largest absolute Gasteiger partial charge is 0.459 e. The van der Waals surface area contributed by atoms with Gasteiger partial charge in [0.1, 0.15) is 0 Å². The van der Waals surface area contributed by atoms with E-state index in [1.165, 1.54) is 23.1 Å². The molecule has 0 bridgehead atoms. The second kappa shape index (κ2) is 6.36. The summed E-state index contributed by atoms with van der Waals surface area (Å²) in [6.07, 6.45) is -0.268. The van der Waals surface area contributed by atoms with Crippen LogP contribution in [-0.4, -0.2) is 23.9 Å². The first-order valence-corrected chi connectivity index (χ1v) is 8.69. The van der Waals surface area contributed by atoms with Crippen molar-refractivity contribution in [1.82, 2.24) is 0 Å². The van der Waals surface area contributed by atoms with E-state index in [0.717, 1.165) is 10.8 Å². The van der Waals surface area contributed by atoms with Crippen LogP contribution in [0.15, 0.2) is 60.7 Å². The summed E-state index contributed by atoms with van der Waals surface area (Å²) in [5, 5.41) is 1.75. The summed E-state index contributed by atoms with van der Waals surface area (Å²) >= 11 is 0. The maximum Gasteiger partial charge on any atom is 0.338 e. The minimum atomic E-state index is -0.517. The average Bonchev–Trinajstić information content (AvgIpc) is 2.91. The molecule has 0 fully saturated rings. The van der Waals surface area contributed by atoms with Gasteiger partial charge in [-0.2, -0.15) is 0 Å². The molecule has 0 unspecified atom stereocenters. The van der Waals surface area contributed by atoms with Crippen molar-refractivity contribution < 1.29 is 19.1 Å². The van der Waals surface area contributed by atoms with Crippen LogP contribution >= 0.6 is 0 Å². The summed E-state index contributed by atoms with van der Waals surface area (Å²) in [5.41, 5.74) is 1.29. The predicted molar refractivity (Wildman–Crippen MR) is 102 cm³/mol. The highest BCUT2D eigenvalue weighted by Gasteiger charge is 2.38. The number of rotatable bonds is 3. The third-order valence-electron chi connectivity index (χ3n) is 4.47. The molecule has 0 aliphatic carbocycles. The number of ether oxygens (including phenoxy) is 1. The van der Waals surface area contributed by atoms with E-state index in [4.69, 9.17) is 4.74 Å². The molecule has 2 amide bonds. The van der Waals surface area contributed by atoms with Crippen LogP contribution in [-0.2, 0) is 4.74 Å². The first-order valence-electron chi connectivity index (χ1n) is 8.69. The lowest BCUT2D eigenvalue weighted by molar-refractivity contribution is 0.0377. The van der Waals surface area contributed by atoms with Crippen LogP contribution in [0.25, 0.3) is 10.8 Å². The second-order valence-corrected chi connectivity index (χ2v) is 6.66. The van der Waals surface area contributed by atoms with E-state index in [1.54, 1.807) is 19.9 Å². The van der Waals surface area contributed by atoms with Crippen molar-refractivity contribution in [3.8, 4) is 0 Å². The van der Waals surface area contributed by atoms with Crippen molar-refractivity contribution in [2.45, 2.75) is 20.0 Å². The maximum atomic E-state index is 13.0. The average molecular weight is 359 g/mol. The molecule has 3 aromatic carbocycles. The number of carbonyl (C=O) groups is 3. The monoisotopic (exact) mass is 359 g/mol. The molecule has 1 aliphatic rings. The zero-order valence-electron chi connectivity index (χ0n) is 14.9. The standard InChI is InChI=1S/C22H17NO4/c1-13(2)27-22(26)15-10-11-17-18(12-15)21(25)23(20(17)24)19-9-5-7-14-6-3-4-8-16(14)19/h3-13H,1-2H3. The van der Waals surface area contributed by atoms with Crippen molar-refractivity contribution in [2.24, 2.45) is 0 Å². The zero-order chi connectivity index (χ0) is 19.1. The van der Waals surface area contributed by atoms with Gasteiger partial charge in [-0.15, -0.1) is 0 Å². The van der Waals surface area contributed by atoms with E-state index in [2.05, 4.69) is 0 Å². The number of nitrogens with zero attached hydrogens (tertiary/aromatic N) is 1. The highest BCUT2D eigenvalue weighted by molar-refractivity contribution is 6.36. The van der Waals surface area contributed by atoms with Gasteiger partial charge in [0.05, 0.1) is 28.5 Å². The lowest BCUT2D eigenvalue weighted by atomic mass is 10.1. The van der Waals surface area contributed by atoms with Crippen molar-refractivity contribution in [3.63, 3.8) is 0 Å². The van der Waals surface area contributed by atoms with Gasteiger partial charge in [-0.05, 0) is 43.5 Å². The number of hydrogen-bond donors (Lipinski definition) is 0.